The van der Waals surface area contributed by atoms with Crippen LogP contribution in [-0.4, -0.2) is 55.4 Å². The summed E-state index contributed by atoms with van der Waals surface area (Å²) in [6.45, 7) is 0.674. The lowest BCUT2D eigenvalue weighted by Gasteiger charge is -2.30. The number of piperidine rings is 1. The zero-order chi connectivity index (χ0) is 21.2. The Morgan fingerprint density at radius 2 is 1.66 bits per heavy atom. The van der Waals surface area contributed by atoms with Crippen molar-refractivity contribution in [3.63, 3.8) is 0 Å². The Balaban J connectivity index is 1.71. The molecule has 0 spiro atoms. The van der Waals surface area contributed by atoms with Gasteiger partial charge in [-0.2, -0.15) is 13.2 Å². The molecule has 2 aromatic rings. The number of methoxy groups -OCH3 is 3. The minimum absolute atomic E-state index is 0.0581. The first-order valence-corrected chi connectivity index (χ1v) is 8.78. The lowest BCUT2D eigenvalue weighted by Crippen LogP contribution is -2.38. The van der Waals surface area contributed by atoms with E-state index in [4.69, 9.17) is 18.6 Å². The molecule has 1 aromatic carbocycles. The van der Waals surface area contributed by atoms with Gasteiger partial charge in [0.05, 0.1) is 21.3 Å². The Morgan fingerprint density at radius 1 is 1.07 bits per heavy atom. The third-order valence-electron chi connectivity index (χ3n) is 4.73. The molecule has 1 saturated heterocycles. The van der Waals surface area contributed by atoms with Crippen molar-refractivity contribution in [3.8, 4) is 17.2 Å². The number of ether oxygens (including phenoxy) is 3. The van der Waals surface area contributed by atoms with E-state index in [-0.39, 0.29) is 17.7 Å². The summed E-state index contributed by atoms with van der Waals surface area (Å²) in [5.41, 5.74) is 0.357. The number of hydrogen-bond acceptors (Lipinski definition) is 7. The van der Waals surface area contributed by atoms with Crippen LogP contribution in [0, 0.1) is 0 Å². The van der Waals surface area contributed by atoms with E-state index in [2.05, 4.69) is 10.2 Å². The van der Waals surface area contributed by atoms with Crippen LogP contribution >= 0.6 is 0 Å². The van der Waals surface area contributed by atoms with Crippen LogP contribution in [0.25, 0.3) is 0 Å². The summed E-state index contributed by atoms with van der Waals surface area (Å²) in [6, 6.07) is 3.12. The molecule has 1 amide bonds. The molecule has 0 saturated carbocycles. The maximum Gasteiger partial charge on any atom is 0.470 e. The lowest BCUT2D eigenvalue weighted by atomic mass is 9.96. The Hall–Kier alpha value is -2.98. The van der Waals surface area contributed by atoms with Crippen molar-refractivity contribution in [1.29, 1.82) is 0 Å². The topological polar surface area (TPSA) is 86.9 Å². The van der Waals surface area contributed by atoms with Gasteiger partial charge in [0.1, 0.15) is 0 Å². The van der Waals surface area contributed by atoms with Gasteiger partial charge in [-0.3, -0.25) is 4.79 Å². The van der Waals surface area contributed by atoms with Gasteiger partial charge in [0.25, 0.3) is 5.91 Å². The second-order valence-corrected chi connectivity index (χ2v) is 6.42. The lowest BCUT2D eigenvalue weighted by molar-refractivity contribution is -0.157. The molecule has 11 heteroatoms. The molecule has 0 atom stereocenters. The van der Waals surface area contributed by atoms with E-state index in [9.17, 15) is 18.0 Å². The number of carbonyl (C=O) groups is 1. The van der Waals surface area contributed by atoms with Crippen molar-refractivity contribution in [1.82, 2.24) is 15.1 Å². The van der Waals surface area contributed by atoms with Crippen molar-refractivity contribution in [3.05, 3.63) is 29.5 Å². The average molecular weight is 415 g/mol. The number of halogens is 3. The zero-order valence-electron chi connectivity index (χ0n) is 16.1. The number of nitrogens with zero attached hydrogens (tertiary/aromatic N) is 3. The molecule has 158 valence electrons. The molecule has 3 rings (SSSR count). The van der Waals surface area contributed by atoms with Gasteiger partial charge < -0.3 is 23.5 Å². The Kier molecular flexibility index (Phi) is 5.85. The van der Waals surface area contributed by atoms with Gasteiger partial charge >= 0.3 is 12.1 Å². The van der Waals surface area contributed by atoms with Crippen LogP contribution in [0.2, 0.25) is 0 Å². The fourth-order valence-electron chi connectivity index (χ4n) is 3.23. The molecule has 1 aliphatic heterocycles. The summed E-state index contributed by atoms with van der Waals surface area (Å²) in [4.78, 5) is 14.5. The van der Waals surface area contributed by atoms with Crippen molar-refractivity contribution in [2.45, 2.75) is 24.9 Å². The Morgan fingerprint density at radius 3 is 2.10 bits per heavy atom. The van der Waals surface area contributed by atoms with Crippen LogP contribution in [0.3, 0.4) is 0 Å². The van der Waals surface area contributed by atoms with Gasteiger partial charge in [-0.05, 0) is 25.0 Å². The van der Waals surface area contributed by atoms with Crippen LogP contribution in [0.1, 0.15) is 40.9 Å². The normalized spacial score (nSPS) is 15.3. The van der Waals surface area contributed by atoms with Gasteiger partial charge in [-0.1, -0.05) is 0 Å². The number of hydrogen-bond donors (Lipinski definition) is 0. The number of carbonyl (C=O) groups excluding carboxylic acids is 1. The van der Waals surface area contributed by atoms with Crippen LogP contribution < -0.4 is 14.2 Å². The number of alkyl halides is 3. The molecule has 1 aliphatic rings. The molecule has 0 N–H and O–H groups in total. The summed E-state index contributed by atoms with van der Waals surface area (Å²) in [5, 5.41) is 6.57. The van der Waals surface area contributed by atoms with Crippen LogP contribution in [0.5, 0.6) is 17.2 Å². The third kappa shape index (κ3) is 4.22. The largest absolute Gasteiger partial charge is 0.493 e. The first-order chi connectivity index (χ1) is 13.8. The van der Waals surface area contributed by atoms with Gasteiger partial charge in [0, 0.05) is 24.6 Å². The van der Waals surface area contributed by atoms with Gasteiger partial charge in [0.2, 0.25) is 11.6 Å². The summed E-state index contributed by atoms with van der Waals surface area (Å²) in [7, 11) is 4.38. The molecule has 0 aliphatic carbocycles. The quantitative estimate of drug-likeness (QED) is 0.742. The number of rotatable bonds is 5. The second kappa shape index (κ2) is 8.18. The first-order valence-electron chi connectivity index (χ1n) is 8.78. The fourth-order valence-corrected chi connectivity index (χ4v) is 3.23. The van der Waals surface area contributed by atoms with Crippen LogP contribution in [0.15, 0.2) is 16.5 Å². The average Bonchev–Trinajstić information content (AvgIpc) is 3.23. The number of benzene rings is 1. The SMILES string of the molecule is COc1cc(C(=O)N2CCC(c3nnc(C(F)(F)F)o3)CC2)cc(OC)c1OC. The Labute approximate surface area is 164 Å². The molecule has 8 nitrogen and oxygen atoms in total. The summed E-state index contributed by atoms with van der Waals surface area (Å²) >= 11 is 0. The molecule has 1 fully saturated rings. The van der Waals surface area contributed by atoms with Gasteiger partial charge in [0.15, 0.2) is 11.5 Å². The fraction of sp³-hybridized carbons (Fsp3) is 0.500. The molecular formula is C18H20F3N3O5. The maximum absolute atomic E-state index is 12.9. The highest BCUT2D eigenvalue weighted by molar-refractivity contribution is 5.95. The number of amides is 1. The molecule has 0 radical (unpaired) electrons. The molecular weight excluding hydrogens is 395 g/mol. The van der Waals surface area contributed by atoms with Crippen molar-refractivity contribution >= 4 is 5.91 Å². The van der Waals surface area contributed by atoms with E-state index < -0.39 is 12.1 Å². The molecule has 1 aromatic heterocycles. The van der Waals surface area contributed by atoms with Crippen molar-refractivity contribution < 1.29 is 36.6 Å². The predicted octanol–water partition coefficient (Wildman–Crippen LogP) is 3.13. The van der Waals surface area contributed by atoms with E-state index in [1.165, 1.54) is 21.3 Å². The van der Waals surface area contributed by atoms with Gasteiger partial charge in [-0.25, -0.2) is 0 Å². The molecule has 0 bridgehead atoms. The smallest absolute Gasteiger partial charge is 0.470 e. The minimum atomic E-state index is -4.67. The maximum atomic E-state index is 12.9. The highest BCUT2D eigenvalue weighted by atomic mass is 19.4. The summed E-state index contributed by atoms with van der Waals surface area (Å²) in [6.07, 6.45) is -3.85. The summed E-state index contributed by atoms with van der Waals surface area (Å²) in [5.74, 6) is -0.902. The zero-order valence-corrected chi connectivity index (χ0v) is 16.1. The van der Waals surface area contributed by atoms with E-state index in [1.54, 1.807) is 17.0 Å². The van der Waals surface area contributed by atoms with Crippen molar-refractivity contribution in [2.75, 3.05) is 34.4 Å². The number of likely N-dealkylation sites (tertiary alicyclic amines) is 1. The first kappa shape index (κ1) is 20.7. The molecule has 2 heterocycles. The molecule has 29 heavy (non-hydrogen) atoms. The number of aromatic nitrogens is 2. The molecule has 0 unspecified atom stereocenters. The monoisotopic (exact) mass is 415 g/mol. The standard InChI is InChI=1S/C18H20F3N3O5/c1-26-12-8-11(9-13(27-2)14(12)28-3)16(25)24-6-4-10(5-7-24)15-22-23-17(29-15)18(19,20)21/h8-10H,4-7H2,1-3H3. The van der Waals surface area contributed by atoms with Crippen molar-refractivity contribution in [2.24, 2.45) is 0 Å². The highest BCUT2D eigenvalue weighted by Gasteiger charge is 2.39. The highest BCUT2D eigenvalue weighted by Crippen LogP contribution is 2.39. The van der Waals surface area contributed by atoms with E-state index in [0.29, 0.717) is 48.7 Å². The van der Waals surface area contributed by atoms with Crippen LogP contribution in [-0.2, 0) is 6.18 Å². The second-order valence-electron chi connectivity index (χ2n) is 6.42. The Bertz CT molecular complexity index is 851. The minimum Gasteiger partial charge on any atom is -0.493 e. The van der Waals surface area contributed by atoms with Crippen LogP contribution in [0.4, 0.5) is 13.2 Å². The van der Waals surface area contributed by atoms with E-state index in [1.807, 2.05) is 0 Å². The van der Waals surface area contributed by atoms with Gasteiger partial charge in [-0.15, -0.1) is 10.2 Å². The third-order valence-corrected chi connectivity index (χ3v) is 4.73. The predicted molar refractivity (Wildman–Crippen MR) is 93.3 cm³/mol. The van der Waals surface area contributed by atoms with E-state index >= 15 is 0 Å². The summed E-state index contributed by atoms with van der Waals surface area (Å²) < 4.78 is 58.4. The van der Waals surface area contributed by atoms with E-state index in [0.717, 1.165) is 0 Å².